The summed E-state index contributed by atoms with van der Waals surface area (Å²) in [6, 6.07) is 7.81. The normalized spacial score (nSPS) is 15.0. The maximum absolute atomic E-state index is 12.2. The van der Waals surface area contributed by atoms with Gasteiger partial charge >= 0.3 is 18.3 Å². The Morgan fingerprint density at radius 3 is 2.36 bits per heavy atom. The highest BCUT2D eigenvalue weighted by Crippen LogP contribution is 2.31. The third kappa shape index (κ3) is 3.46. The van der Waals surface area contributed by atoms with Crippen LogP contribution in [-0.2, 0) is 14.3 Å². The van der Waals surface area contributed by atoms with Crippen molar-refractivity contribution in [3.05, 3.63) is 53.2 Å². The zero-order valence-corrected chi connectivity index (χ0v) is 11.0. The fourth-order valence-electron chi connectivity index (χ4n) is 2.02. The van der Waals surface area contributed by atoms with Gasteiger partial charge in [-0.1, -0.05) is 30.3 Å². The van der Waals surface area contributed by atoms with Crippen molar-refractivity contribution in [2.75, 3.05) is 6.54 Å². The number of halogens is 3. The number of nitrogens with one attached hydrogen (secondary N) is 1. The molecule has 0 atom stereocenters. The van der Waals surface area contributed by atoms with Crippen molar-refractivity contribution in [2.24, 2.45) is 0 Å². The van der Waals surface area contributed by atoms with Gasteiger partial charge in [0.2, 0.25) is 0 Å². The smallest absolute Gasteiger partial charge is 0.478 e. The molecule has 0 saturated carbocycles. The number of ether oxygens (including phenoxy) is 1. The molecule has 0 bridgehead atoms. The molecule has 22 heavy (non-hydrogen) atoms. The van der Waals surface area contributed by atoms with Crippen LogP contribution in [0.15, 0.2) is 47.7 Å². The molecule has 1 aromatic rings. The van der Waals surface area contributed by atoms with Gasteiger partial charge in [-0.05, 0) is 5.56 Å². The van der Waals surface area contributed by atoms with Crippen molar-refractivity contribution in [1.29, 1.82) is 0 Å². The first-order valence-corrected chi connectivity index (χ1v) is 6.05. The summed E-state index contributed by atoms with van der Waals surface area (Å²) in [6.07, 6.45) is -4.01. The molecule has 0 saturated heterocycles. The summed E-state index contributed by atoms with van der Waals surface area (Å²) in [7, 11) is 0. The van der Waals surface area contributed by atoms with E-state index in [4.69, 9.17) is 0 Å². The average Bonchev–Trinajstić information content (AvgIpc) is 2.45. The number of carboxylic acid groups (broad SMARTS) is 1. The van der Waals surface area contributed by atoms with E-state index in [0.717, 1.165) is 6.20 Å². The molecule has 0 spiro atoms. The molecule has 0 amide bonds. The van der Waals surface area contributed by atoms with E-state index in [9.17, 15) is 27.9 Å². The molecule has 8 heteroatoms. The Kier molecular flexibility index (Phi) is 4.20. The number of carbonyl (C=O) groups excluding carboxylic acids is 1. The number of hydrogen-bond acceptors (Lipinski definition) is 4. The number of carbonyl (C=O) groups is 2. The van der Waals surface area contributed by atoms with Gasteiger partial charge in [0.05, 0.1) is 11.1 Å². The lowest BCUT2D eigenvalue weighted by molar-refractivity contribution is -0.303. The van der Waals surface area contributed by atoms with Gasteiger partial charge in [0.25, 0.3) is 0 Å². The molecule has 5 nitrogen and oxygen atoms in total. The maximum atomic E-state index is 12.2. The fraction of sp³-hybridized carbons (Fsp3) is 0.143. The number of carboxylic acids is 1. The van der Waals surface area contributed by atoms with Crippen molar-refractivity contribution >= 4 is 17.5 Å². The van der Waals surface area contributed by atoms with Gasteiger partial charge in [-0.15, -0.1) is 13.2 Å². The minimum absolute atomic E-state index is 0.0962. The van der Waals surface area contributed by atoms with Crippen LogP contribution in [0, 0.1) is 0 Å². The molecule has 1 aromatic carbocycles. The van der Waals surface area contributed by atoms with E-state index >= 15 is 0 Å². The standard InChI is InChI=1S/C14H10F3NO4/c15-14(16,17)22-13(21)10-7-18-6-9(12(19)20)11(10)8-4-2-1-3-5-8/h1-6,18H,7H2,(H,19,20). The number of rotatable bonds is 3. The summed E-state index contributed by atoms with van der Waals surface area (Å²) < 4.78 is 40.1. The minimum atomic E-state index is -5.14. The second kappa shape index (κ2) is 5.92. The number of esters is 1. The molecular weight excluding hydrogens is 303 g/mol. The van der Waals surface area contributed by atoms with Crippen LogP contribution in [0.1, 0.15) is 5.56 Å². The van der Waals surface area contributed by atoms with Crippen LogP contribution < -0.4 is 5.32 Å². The van der Waals surface area contributed by atoms with Crippen LogP contribution >= 0.6 is 0 Å². The van der Waals surface area contributed by atoms with E-state index in [1.165, 1.54) is 12.1 Å². The molecule has 1 aliphatic rings. The van der Waals surface area contributed by atoms with Crippen molar-refractivity contribution in [3.63, 3.8) is 0 Å². The number of dihydropyridines is 1. The van der Waals surface area contributed by atoms with Crippen LogP contribution in [0.4, 0.5) is 13.2 Å². The first-order chi connectivity index (χ1) is 10.3. The molecule has 0 radical (unpaired) electrons. The number of aliphatic carboxylic acids is 1. The Labute approximate surface area is 122 Å². The SMILES string of the molecule is O=C(O)C1=CNCC(C(=O)OC(F)(F)F)=C1c1ccccc1. The van der Waals surface area contributed by atoms with Gasteiger partial charge in [0.15, 0.2) is 0 Å². The Morgan fingerprint density at radius 1 is 1.18 bits per heavy atom. The summed E-state index contributed by atoms with van der Waals surface area (Å²) in [6.45, 7) is -0.268. The summed E-state index contributed by atoms with van der Waals surface area (Å²) in [5.41, 5.74) is -0.497. The first kappa shape index (κ1) is 15.6. The topological polar surface area (TPSA) is 75.6 Å². The average molecular weight is 313 g/mol. The van der Waals surface area contributed by atoms with Crippen molar-refractivity contribution in [1.82, 2.24) is 5.32 Å². The quantitative estimate of drug-likeness (QED) is 0.836. The van der Waals surface area contributed by atoms with E-state index in [0.29, 0.717) is 5.56 Å². The summed E-state index contributed by atoms with van der Waals surface area (Å²) >= 11 is 0. The molecule has 1 heterocycles. The minimum Gasteiger partial charge on any atom is -0.478 e. The number of alkyl halides is 3. The summed E-state index contributed by atoms with van der Waals surface area (Å²) in [5, 5.41) is 11.6. The molecule has 116 valence electrons. The number of hydrogen-bond donors (Lipinski definition) is 2. The van der Waals surface area contributed by atoms with Gasteiger partial charge in [0, 0.05) is 18.3 Å². The van der Waals surface area contributed by atoms with Gasteiger partial charge in [-0.25, -0.2) is 9.59 Å². The van der Waals surface area contributed by atoms with Crippen LogP contribution in [0.2, 0.25) is 0 Å². The van der Waals surface area contributed by atoms with E-state index in [-0.39, 0.29) is 17.7 Å². The summed E-state index contributed by atoms with van der Waals surface area (Å²) in [5.74, 6) is -3.01. The monoisotopic (exact) mass is 313 g/mol. The zero-order valence-electron chi connectivity index (χ0n) is 11.0. The second-order valence-electron chi connectivity index (χ2n) is 4.30. The predicted molar refractivity (Wildman–Crippen MR) is 69.2 cm³/mol. The molecule has 0 aromatic heterocycles. The maximum Gasteiger partial charge on any atom is 0.575 e. The highest BCUT2D eigenvalue weighted by Gasteiger charge is 2.37. The largest absolute Gasteiger partial charge is 0.575 e. The van der Waals surface area contributed by atoms with Gasteiger partial charge in [-0.2, -0.15) is 0 Å². The molecule has 1 aliphatic heterocycles. The molecule has 0 aliphatic carbocycles. The van der Waals surface area contributed by atoms with Crippen LogP contribution in [-0.4, -0.2) is 30.0 Å². The fourth-order valence-corrected chi connectivity index (χ4v) is 2.02. The summed E-state index contributed by atoms with van der Waals surface area (Å²) in [4.78, 5) is 23.0. The highest BCUT2D eigenvalue weighted by molar-refractivity contribution is 6.13. The molecule has 0 unspecified atom stereocenters. The number of benzene rings is 1. The lowest BCUT2D eigenvalue weighted by Crippen LogP contribution is -2.29. The van der Waals surface area contributed by atoms with Crippen LogP contribution in [0.3, 0.4) is 0 Å². The van der Waals surface area contributed by atoms with E-state index in [2.05, 4.69) is 10.1 Å². The predicted octanol–water partition coefficient (Wildman–Crippen LogP) is 2.07. The van der Waals surface area contributed by atoms with Crippen LogP contribution in [0.5, 0.6) is 0 Å². The van der Waals surface area contributed by atoms with E-state index in [1.54, 1.807) is 18.2 Å². The molecule has 0 fully saturated rings. The van der Waals surface area contributed by atoms with Crippen LogP contribution in [0.25, 0.3) is 5.57 Å². The van der Waals surface area contributed by atoms with Gasteiger partial charge < -0.3 is 15.2 Å². The Balaban J connectivity index is 2.55. The van der Waals surface area contributed by atoms with E-state index < -0.39 is 23.9 Å². The second-order valence-corrected chi connectivity index (χ2v) is 4.30. The first-order valence-electron chi connectivity index (χ1n) is 6.05. The van der Waals surface area contributed by atoms with Crippen molar-refractivity contribution in [3.8, 4) is 0 Å². The Hall–Kier alpha value is -2.77. The van der Waals surface area contributed by atoms with E-state index in [1.807, 2.05) is 0 Å². The Bertz CT molecular complexity index is 662. The molecule has 2 N–H and O–H groups in total. The molecular formula is C14H10F3NO4. The third-order valence-electron chi connectivity index (χ3n) is 2.84. The molecule has 2 rings (SSSR count). The highest BCUT2D eigenvalue weighted by atomic mass is 19.4. The third-order valence-corrected chi connectivity index (χ3v) is 2.84. The zero-order chi connectivity index (χ0) is 16.3. The van der Waals surface area contributed by atoms with Crippen molar-refractivity contribution in [2.45, 2.75) is 6.36 Å². The van der Waals surface area contributed by atoms with Gasteiger partial charge in [-0.3, -0.25) is 0 Å². The van der Waals surface area contributed by atoms with Gasteiger partial charge in [0.1, 0.15) is 0 Å². The lowest BCUT2D eigenvalue weighted by Gasteiger charge is -2.20. The lowest BCUT2D eigenvalue weighted by atomic mass is 9.91. The Morgan fingerprint density at radius 2 is 1.82 bits per heavy atom. The van der Waals surface area contributed by atoms with Crippen molar-refractivity contribution < 1.29 is 32.6 Å².